The Hall–Kier alpha value is -2.21. The first-order valence-electron chi connectivity index (χ1n) is 9.64. The molecule has 3 rings (SSSR count). The van der Waals surface area contributed by atoms with Crippen LogP contribution in [0.15, 0.2) is 28.8 Å². The van der Waals surface area contributed by atoms with Crippen molar-refractivity contribution in [1.82, 2.24) is 15.5 Å². The molecule has 1 atom stereocenters. The van der Waals surface area contributed by atoms with Crippen LogP contribution >= 0.6 is 0 Å². The average Bonchev–Trinajstić information content (AvgIpc) is 3.06. The SMILES string of the molecule is CC(C)C(NC(=O)c1ccc(C(C)(C)C)cc1)c1nc(C2(N)CCC2)no1. The molecule has 1 aliphatic carbocycles. The van der Waals surface area contributed by atoms with Crippen LogP contribution in [-0.2, 0) is 11.0 Å². The molecule has 6 nitrogen and oxygen atoms in total. The summed E-state index contributed by atoms with van der Waals surface area (Å²) >= 11 is 0. The van der Waals surface area contributed by atoms with Crippen LogP contribution in [0.25, 0.3) is 0 Å². The van der Waals surface area contributed by atoms with E-state index in [2.05, 4.69) is 36.2 Å². The van der Waals surface area contributed by atoms with E-state index >= 15 is 0 Å². The molecule has 146 valence electrons. The fraction of sp³-hybridized carbons (Fsp3) is 0.571. The molecule has 2 aromatic rings. The van der Waals surface area contributed by atoms with Gasteiger partial charge >= 0.3 is 0 Å². The molecule has 1 saturated carbocycles. The van der Waals surface area contributed by atoms with Crippen molar-refractivity contribution in [2.45, 2.75) is 70.9 Å². The topological polar surface area (TPSA) is 94.0 Å². The number of hydrogen-bond acceptors (Lipinski definition) is 5. The molecule has 0 saturated heterocycles. The summed E-state index contributed by atoms with van der Waals surface area (Å²) in [5.74, 6) is 0.904. The van der Waals surface area contributed by atoms with E-state index < -0.39 is 5.54 Å². The molecule has 1 unspecified atom stereocenters. The van der Waals surface area contributed by atoms with E-state index in [1.165, 1.54) is 5.56 Å². The molecule has 3 N–H and O–H groups in total. The van der Waals surface area contributed by atoms with Gasteiger partial charge in [0.25, 0.3) is 5.91 Å². The lowest BCUT2D eigenvalue weighted by Crippen LogP contribution is -2.44. The van der Waals surface area contributed by atoms with Gasteiger partial charge in [0.2, 0.25) is 5.89 Å². The van der Waals surface area contributed by atoms with Crippen molar-refractivity contribution in [3.63, 3.8) is 0 Å². The smallest absolute Gasteiger partial charge is 0.251 e. The van der Waals surface area contributed by atoms with E-state index in [-0.39, 0.29) is 23.3 Å². The highest BCUT2D eigenvalue weighted by atomic mass is 16.5. The quantitative estimate of drug-likeness (QED) is 0.834. The molecule has 1 aromatic carbocycles. The number of nitrogens with one attached hydrogen (secondary N) is 1. The predicted octanol–water partition coefficient (Wildman–Crippen LogP) is 3.83. The highest BCUT2D eigenvalue weighted by Crippen LogP contribution is 2.37. The second kappa shape index (κ2) is 7.08. The first-order valence-corrected chi connectivity index (χ1v) is 9.64. The zero-order chi connectivity index (χ0) is 19.8. The summed E-state index contributed by atoms with van der Waals surface area (Å²) in [6.45, 7) is 10.5. The van der Waals surface area contributed by atoms with Crippen molar-refractivity contribution in [3.05, 3.63) is 47.1 Å². The molecular weight excluding hydrogens is 340 g/mol. The van der Waals surface area contributed by atoms with Crippen molar-refractivity contribution < 1.29 is 9.32 Å². The summed E-state index contributed by atoms with van der Waals surface area (Å²) < 4.78 is 5.45. The zero-order valence-electron chi connectivity index (χ0n) is 16.9. The molecule has 0 spiro atoms. The summed E-state index contributed by atoms with van der Waals surface area (Å²) in [7, 11) is 0. The van der Waals surface area contributed by atoms with Crippen molar-refractivity contribution in [3.8, 4) is 0 Å². The minimum absolute atomic E-state index is 0.0509. The summed E-state index contributed by atoms with van der Waals surface area (Å²) in [6, 6.07) is 7.35. The third-order valence-corrected chi connectivity index (χ3v) is 5.37. The molecule has 0 radical (unpaired) electrons. The Labute approximate surface area is 160 Å². The van der Waals surface area contributed by atoms with Crippen LogP contribution in [0.1, 0.15) is 87.6 Å². The van der Waals surface area contributed by atoms with Gasteiger partial charge in [0.15, 0.2) is 5.82 Å². The minimum Gasteiger partial charge on any atom is -0.340 e. The molecular formula is C21H30N4O2. The molecule has 27 heavy (non-hydrogen) atoms. The van der Waals surface area contributed by atoms with Crippen molar-refractivity contribution in [1.29, 1.82) is 0 Å². The Balaban J connectivity index is 1.75. The van der Waals surface area contributed by atoms with Gasteiger partial charge in [-0.25, -0.2) is 0 Å². The molecule has 1 heterocycles. The maximum atomic E-state index is 12.7. The van der Waals surface area contributed by atoms with E-state index in [9.17, 15) is 4.79 Å². The van der Waals surface area contributed by atoms with Gasteiger partial charge in [-0.05, 0) is 48.3 Å². The van der Waals surface area contributed by atoms with E-state index in [4.69, 9.17) is 10.3 Å². The normalized spacial score (nSPS) is 17.4. The highest BCUT2D eigenvalue weighted by Gasteiger charge is 2.40. The van der Waals surface area contributed by atoms with Crippen LogP contribution in [0, 0.1) is 5.92 Å². The van der Waals surface area contributed by atoms with Crippen molar-refractivity contribution in [2.75, 3.05) is 0 Å². The van der Waals surface area contributed by atoms with Crippen LogP contribution in [0.4, 0.5) is 0 Å². The van der Waals surface area contributed by atoms with Crippen LogP contribution in [0.2, 0.25) is 0 Å². The zero-order valence-corrected chi connectivity index (χ0v) is 16.9. The Kier molecular flexibility index (Phi) is 5.12. The van der Waals surface area contributed by atoms with E-state index in [0.29, 0.717) is 17.3 Å². The number of carbonyl (C=O) groups is 1. The first-order chi connectivity index (χ1) is 12.6. The predicted molar refractivity (Wildman–Crippen MR) is 104 cm³/mol. The third kappa shape index (κ3) is 4.05. The second-order valence-corrected chi connectivity index (χ2v) is 8.99. The van der Waals surface area contributed by atoms with Crippen LogP contribution < -0.4 is 11.1 Å². The van der Waals surface area contributed by atoms with Gasteiger partial charge in [-0.2, -0.15) is 4.98 Å². The van der Waals surface area contributed by atoms with Gasteiger partial charge in [-0.3, -0.25) is 4.79 Å². The van der Waals surface area contributed by atoms with Gasteiger partial charge in [-0.15, -0.1) is 0 Å². The number of nitrogens with zero attached hydrogens (tertiary/aromatic N) is 2. The fourth-order valence-corrected chi connectivity index (χ4v) is 3.20. The number of aromatic nitrogens is 2. The van der Waals surface area contributed by atoms with Crippen molar-refractivity contribution >= 4 is 5.91 Å². The maximum Gasteiger partial charge on any atom is 0.251 e. The lowest BCUT2D eigenvalue weighted by Gasteiger charge is -2.34. The van der Waals surface area contributed by atoms with Crippen LogP contribution in [-0.4, -0.2) is 16.0 Å². The molecule has 0 bridgehead atoms. The first kappa shape index (κ1) is 19.5. The largest absolute Gasteiger partial charge is 0.340 e. The minimum atomic E-state index is -0.476. The number of hydrogen-bond donors (Lipinski definition) is 2. The summed E-state index contributed by atoms with van der Waals surface area (Å²) in [5.41, 5.74) is 7.66. The van der Waals surface area contributed by atoms with Gasteiger partial charge < -0.3 is 15.6 Å². The summed E-state index contributed by atoms with van der Waals surface area (Å²) in [5, 5.41) is 7.10. The van der Waals surface area contributed by atoms with Crippen LogP contribution in [0.3, 0.4) is 0 Å². The molecule has 0 aliphatic heterocycles. The third-order valence-electron chi connectivity index (χ3n) is 5.37. The lowest BCUT2D eigenvalue weighted by molar-refractivity contribution is 0.0914. The Morgan fingerprint density at radius 3 is 2.33 bits per heavy atom. The van der Waals surface area contributed by atoms with Gasteiger partial charge in [-0.1, -0.05) is 51.9 Å². The highest BCUT2D eigenvalue weighted by molar-refractivity contribution is 5.94. The monoisotopic (exact) mass is 370 g/mol. The molecule has 6 heteroatoms. The van der Waals surface area contributed by atoms with Gasteiger partial charge in [0, 0.05) is 5.56 Å². The Bertz CT molecular complexity index is 798. The number of carbonyl (C=O) groups excluding carboxylic acids is 1. The average molecular weight is 370 g/mol. The molecule has 1 fully saturated rings. The lowest BCUT2D eigenvalue weighted by atomic mass is 9.77. The number of rotatable bonds is 5. The van der Waals surface area contributed by atoms with E-state index in [0.717, 1.165) is 19.3 Å². The van der Waals surface area contributed by atoms with Crippen molar-refractivity contribution in [2.24, 2.45) is 11.7 Å². The Morgan fingerprint density at radius 1 is 1.22 bits per heavy atom. The number of amides is 1. The van der Waals surface area contributed by atoms with E-state index in [1.807, 2.05) is 38.1 Å². The number of benzene rings is 1. The fourth-order valence-electron chi connectivity index (χ4n) is 3.20. The van der Waals surface area contributed by atoms with Gasteiger partial charge in [0.1, 0.15) is 6.04 Å². The number of nitrogens with two attached hydrogens (primary N) is 1. The summed E-state index contributed by atoms with van der Waals surface area (Å²) in [4.78, 5) is 17.2. The molecule has 1 aromatic heterocycles. The second-order valence-electron chi connectivity index (χ2n) is 8.99. The molecule has 1 aliphatic rings. The summed E-state index contributed by atoms with van der Waals surface area (Å²) in [6.07, 6.45) is 2.81. The Morgan fingerprint density at radius 2 is 1.85 bits per heavy atom. The standard InChI is InChI=1S/C21H30N4O2/c1-13(2)16(18-24-19(25-27-18)21(22)11-6-12-21)23-17(26)14-7-9-15(10-8-14)20(3,4)5/h7-10,13,16H,6,11-12,22H2,1-5H3,(H,23,26). The van der Waals surface area contributed by atoms with Gasteiger partial charge in [0.05, 0.1) is 5.54 Å². The molecule has 1 amide bonds. The van der Waals surface area contributed by atoms with Crippen LogP contribution in [0.5, 0.6) is 0 Å². The van der Waals surface area contributed by atoms with E-state index in [1.54, 1.807) is 0 Å². The maximum absolute atomic E-state index is 12.7.